The smallest absolute Gasteiger partial charge is 0.133 e. The number of nitrogens with one attached hydrogen (secondary N) is 2. The summed E-state index contributed by atoms with van der Waals surface area (Å²) in [4.78, 5) is 0. The number of hydrogen-bond donors (Lipinski definition) is 2. The van der Waals surface area contributed by atoms with Gasteiger partial charge in [-0.05, 0) is 55.0 Å². The molecule has 0 saturated carbocycles. The number of hydrogen-bond acceptors (Lipinski definition) is 3. The van der Waals surface area contributed by atoms with Gasteiger partial charge in [-0.15, -0.1) is 0 Å². The third-order valence-electron chi connectivity index (χ3n) is 2.25. The molecule has 0 aliphatic rings. The molecule has 90 valence electrons. The SMILES string of the molecule is CNCC(C)(C)Nc1ccc(OC)c(Br)c1. The van der Waals surface area contributed by atoms with Crippen molar-refractivity contribution in [3.63, 3.8) is 0 Å². The molecule has 2 N–H and O–H groups in total. The van der Waals surface area contributed by atoms with E-state index in [1.54, 1.807) is 7.11 Å². The minimum Gasteiger partial charge on any atom is -0.496 e. The van der Waals surface area contributed by atoms with Crippen LogP contribution in [-0.4, -0.2) is 26.2 Å². The highest BCUT2D eigenvalue weighted by Crippen LogP contribution is 2.28. The summed E-state index contributed by atoms with van der Waals surface area (Å²) < 4.78 is 6.15. The molecule has 0 fully saturated rings. The van der Waals surface area contributed by atoms with Crippen LogP contribution in [0.4, 0.5) is 5.69 Å². The topological polar surface area (TPSA) is 33.3 Å². The summed E-state index contributed by atoms with van der Waals surface area (Å²) in [6.45, 7) is 5.21. The Hall–Kier alpha value is -0.740. The Labute approximate surface area is 106 Å². The Bertz CT molecular complexity index is 353. The van der Waals surface area contributed by atoms with Crippen LogP contribution in [0.25, 0.3) is 0 Å². The monoisotopic (exact) mass is 286 g/mol. The summed E-state index contributed by atoms with van der Waals surface area (Å²) >= 11 is 3.47. The number of rotatable bonds is 5. The number of ether oxygens (including phenoxy) is 1. The average molecular weight is 287 g/mol. The number of likely N-dealkylation sites (N-methyl/N-ethyl adjacent to an activating group) is 1. The summed E-state index contributed by atoms with van der Waals surface area (Å²) in [5.41, 5.74) is 1.09. The largest absolute Gasteiger partial charge is 0.496 e. The van der Waals surface area contributed by atoms with E-state index in [1.807, 2.05) is 25.2 Å². The molecular weight excluding hydrogens is 268 g/mol. The molecule has 1 aromatic rings. The van der Waals surface area contributed by atoms with Crippen molar-refractivity contribution in [2.75, 3.05) is 26.0 Å². The Kier molecular flexibility index (Phi) is 4.62. The van der Waals surface area contributed by atoms with E-state index in [9.17, 15) is 0 Å². The van der Waals surface area contributed by atoms with Gasteiger partial charge in [-0.1, -0.05) is 0 Å². The second-order valence-corrected chi connectivity index (χ2v) is 5.24. The fourth-order valence-electron chi connectivity index (χ4n) is 1.62. The van der Waals surface area contributed by atoms with E-state index in [1.165, 1.54) is 0 Å². The maximum absolute atomic E-state index is 5.19. The summed E-state index contributed by atoms with van der Waals surface area (Å²) in [6, 6.07) is 5.99. The highest BCUT2D eigenvalue weighted by molar-refractivity contribution is 9.10. The molecule has 4 heteroatoms. The van der Waals surface area contributed by atoms with Gasteiger partial charge in [0.2, 0.25) is 0 Å². The van der Waals surface area contributed by atoms with Gasteiger partial charge in [0.1, 0.15) is 5.75 Å². The fraction of sp³-hybridized carbons (Fsp3) is 0.500. The summed E-state index contributed by atoms with van der Waals surface area (Å²) in [5.74, 6) is 0.844. The molecule has 0 amide bonds. The molecule has 0 aliphatic carbocycles. The van der Waals surface area contributed by atoms with Crippen LogP contribution >= 0.6 is 15.9 Å². The zero-order chi connectivity index (χ0) is 12.2. The molecule has 0 bridgehead atoms. The quantitative estimate of drug-likeness (QED) is 0.873. The Morgan fingerprint density at radius 1 is 1.38 bits per heavy atom. The second-order valence-electron chi connectivity index (χ2n) is 4.39. The standard InChI is InChI=1S/C12H19BrN2O/c1-12(2,8-14-3)15-9-5-6-11(16-4)10(13)7-9/h5-7,14-15H,8H2,1-4H3. The van der Waals surface area contributed by atoms with E-state index in [4.69, 9.17) is 4.74 Å². The second kappa shape index (κ2) is 5.55. The predicted molar refractivity (Wildman–Crippen MR) is 72.3 cm³/mol. The van der Waals surface area contributed by atoms with Gasteiger partial charge in [0.05, 0.1) is 11.6 Å². The lowest BCUT2D eigenvalue weighted by Crippen LogP contribution is -2.40. The van der Waals surface area contributed by atoms with Crippen LogP contribution in [0.3, 0.4) is 0 Å². The fourth-order valence-corrected chi connectivity index (χ4v) is 2.16. The first-order valence-electron chi connectivity index (χ1n) is 5.25. The van der Waals surface area contributed by atoms with Crippen LogP contribution < -0.4 is 15.4 Å². The van der Waals surface area contributed by atoms with Gasteiger partial charge in [-0.2, -0.15) is 0 Å². The van der Waals surface area contributed by atoms with Crippen LogP contribution in [-0.2, 0) is 0 Å². The van der Waals surface area contributed by atoms with E-state index >= 15 is 0 Å². The molecule has 0 unspecified atom stereocenters. The summed E-state index contributed by atoms with van der Waals surface area (Å²) in [5, 5.41) is 6.63. The van der Waals surface area contributed by atoms with Crippen molar-refractivity contribution in [2.24, 2.45) is 0 Å². The zero-order valence-electron chi connectivity index (χ0n) is 10.2. The molecule has 1 aromatic carbocycles. The van der Waals surface area contributed by atoms with E-state index in [0.717, 1.165) is 22.5 Å². The number of benzene rings is 1. The molecule has 0 radical (unpaired) electrons. The molecule has 3 nitrogen and oxygen atoms in total. The maximum atomic E-state index is 5.19. The highest BCUT2D eigenvalue weighted by atomic mass is 79.9. The molecule has 16 heavy (non-hydrogen) atoms. The zero-order valence-corrected chi connectivity index (χ0v) is 11.8. The highest BCUT2D eigenvalue weighted by Gasteiger charge is 2.16. The van der Waals surface area contributed by atoms with Crippen LogP contribution in [0, 0.1) is 0 Å². The van der Waals surface area contributed by atoms with Crippen molar-refractivity contribution in [1.82, 2.24) is 5.32 Å². The van der Waals surface area contributed by atoms with Crippen LogP contribution in [0.2, 0.25) is 0 Å². The minimum atomic E-state index is 0.0166. The van der Waals surface area contributed by atoms with Crippen LogP contribution in [0.15, 0.2) is 22.7 Å². The van der Waals surface area contributed by atoms with E-state index in [2.05, 4.69) is 40.4 Å². The Balaban J connectivity index is 2.78. The third-order valence-corrected chi connectivity index (χ3v) is 2.87. The van der Waals surface area contributed by atoms with Crippen molar-refractivity contribution < 1.29 is 4.74 Å². The van der Waals surface area contributed by atoms with Crippen molar-refractivity contribution in [2.45, 2.75) is 19.4 Å². The summed E-state index contributed by atoms with van der Waals surface area (Å²) in [6.07, 6.45) is 0. The number of methoxy groups -OCH3 is 1. The average Bonchev–Trinajstić information content (AvgIpc) is 2.17. The number of anilines is 1. The van der Waals surface area contributed by atoms with Crippen LogP contribution in [0.5, 0.6) is 5.75 Å². The van der Waals surface area contributed by atoms with Gasteiger partial charge >= 0.3 is 0 Å². The first-order valence-corrected chi connectivity index (χ1v) is 6.04. The van der Waals surface area contributed by atoms with Crippen LogP contribution in [0.1, 0.15) is 13.8 Å². The molecule has 0 aromatic heterocycles. The molecule has 0 saturated heterocycles. The van der Waals surface area contributed by atoms with Crippen molar-refractivity contribution in [1.29, 1.82) is 0 Å². The van der Waals surface area contributed by atoms with Gasteiger partial charge in [0.25, 0.3) is 0 Å². The van der Waals surface area contributed by atoms with E-state index < -0.39 is 0 Å². The molecule has 1 rings (SSSR count). The molecule has 0 aliphatic heterocycles. The van der Waals surface area contributed by atoms with Crippen molar-refractivity contribution in [3.05, 3.63) is 22.7 Å². The van der Waals surface area contributed by atoms with Gasteiger partial charge < -0.3 is 15.4 Å². The predicted octanol–water partition coefficient (Wildman–Crippen LogP) is 2.87. The minimum absolute atomic E-state index is 0.0166. The molecule has 0 heterocycles. The van der Waals surface area contributed by atoms with Crippen molar-refractivity contribution >= 4 is 21.6 Å². The third kappa shape index (κ3) is 3.68. The van der Waals surface area contributed by atoms with Gasteiger partial charge in [-0.25, -0.2) is 0 Å². The first-order chi connectivity index (χ1) is 7.48. The van der Waals surface area contributed by atoms with E-state index in [0.29, 0.717) is 0 Å². The lowest BCUT2D eigenvalue weighted by atomic mass is 10.1. The van der Waals surface area contributed by atoms with Gasteiger partial charge in [0.15, 0.2) is 0 Å². The molecule has 0 spiro atoms. The normalized spacial score (nSPS) is 11.3. The number of halogens is 1. The lowest BCUT2D eigenvalue weighted by Gasteiger charge is -2.27. The van der Waals surface area contributed by atoms with Gasteiger partial charge in [0, 0.05) is 17.8 Å². The maximum Gasteiger partial charge on any atom is 0.133 e. The Morgan fingerprint density at radius 2 is 2.06 bits per heavy atom. The Morgan fingerprint density at radius 3 is 2.56 bits per heavy atom. The first kappa shape index (κ1) is 13.3. The van der Waals surface area contributed by atoms with Gasteiger partial charge in [-0.3, -0.25) is 0 Å². The molecule has 0 atom stereocenters. The summed E-state index contributed by atoms with van der Waals surface area (Å²) in [7, 11) is 3.62. The molecular formula is C12H19BrN2O. The van der Waals surface area contributed by atoms with E-state index in [-0.39, 0.29) is 5.54 Å². The van der Waals surface area contributed by atoms with Crippen molar-refractivity contribution in [3.8, 4) is 5.75 Å². The lowest BCUT2D eigenvalue weighted by molar-refractivity contribution is 0.412.